The van der Waals surface area contributed by atoms with Crippen LogP contribution in [0.2, 0.25) is 0 Å². The Bertz CT molecular complexity index is 475. The Labute approximate surface area is 83.8 Å². The van der Waals surface area contributed by atoms with Gasteiger partial charge in [-0.1, -0.05) is 30.7 Å². The largest absolute Gasteiger partial charge is 0.383 e. The Morgan fingerprint density at radius 3 is 2.79 bits per heavy atom. The van der Waals surface area contributed by atoms with Crippen LogP contribution in [-0.2, 0) is 6.42 Å². The first-order chi connectivity index (χ1) is 6.72. The number of benzene rings is 1. The molecule has 0 bridgehead atoms. The highest BCUT2D eigenvalue weighted by Gasteiger charge is 2.03. The molecule has 0 aliphatic carbocycles. The normalized spacial score (nSPS) is 10.7. The molecule has 0 saturated heterocycles. The van der Waals surface area contributed by atoms with Gasteiger partial charge in [0, 0.05) is 11.6 Å². The van der Waals surface area contributed by atoms with Gasteiger partial charge in [0.25, 0.3) is 0 Å². The Kier molecular flexibility index (Phi) is 2.12. The zero-order chi connectivity index (χ0) is 10.1. The van der Waals surface area contributed by atoms with Crippen LogP contribution >= 0.6 is 0 Å². The van der Waals surface area contributed by atoms with E-state index in [1.54, 1.807) is 0 Å². The number of rotatable bonds is 1. The van der Waals surface area contributed by atoms with Crippen molar-refractivity contribution in [2.24, 2.45) is 0 Å². The molecule has 1 aromatic carbocycles. The summed E-state index contributed by atoms with van der Waals surface area (Å²) in [5.41, 5.74) is 8.34. The molecule has 2 heteroatoms. The Hall–Kier alpha value is -1.57. The van der Waals surface area contributed by atoms with Gasteiger partial charge in [-0.2, -0.15) is 0 Å². The fourth-order valence-electron chi connectivity index (χ4n) is 1.72. The fourth-order valence-corrected chi connectivity index (χ4v) is 1.72. The van der Waals surface area contributed by atoms with Crippen LogP contribution in [0.5, 0.6) is 0 Å². The van der Waals surface area contributed by atoms with Crippen LogP contribution in [0.1, 0.15) is 18.1 Å². The summed E-state index contributed by atoms with van der Waals surface area (Å²) in [5.74, 6) is 0.622. The van der Waals surface area contributed by atoms with E-state index in [9.17, 15) is 0 Å². The van der Waals surface area contributed by atoms with Gasteiger partial charge in [-0.3, -0.25) is 0 Å². The molecule has 14 heavy (non-hydrogen) atoms. The van der Waals surface area contributed by atoms with Crippen LogP contribution < -0.4 is 5.73 Å². The number of nitrogens with two attached hydrogens (primary N) is 1. The van der Waals surface area contributed by atoms with E-state index in [-0.39, 0.29) is 0 Å². The summed E-state index contributed by atoms with van der Waals surface area (Å²) in [6.07, 6.45) is 2.87. The molecule has 0 spiro atoms. The maximum absolute atomic E-state index is 5.82. The van der Waals surface area contributed by atoms with E-state index in [1.807, 2.05) is 12.3 Å². The lowest BCUT2D eigenvalue weighted by molar-refractivity contribution is 1.13. The number of nitrogen functional groups attached to an aromatic ring is 1. The summed E-state index contributed by atoms with van der Waals surface area (Å²) in [7, 11) is 0. The minimum absolute atomic E-state index is 0.622. The third-order valence-electron chi connectivity index (χ3n) is 2.54. The van der Waals surface area contributed by atoms with Gasteiger partial charge in [0.2, 0.25) is 0 Å². The van der Waals surface area contributed by atoms with Crippen molar-refractivity contribution in [3.05, 3.63) is 35.5 Å². The Morgan fingerprint density at radius 1 is 1.29 bits per heavy atom. The molecular weight excluding hydrogens is 172 g/mol. The molecule has 2 nitrogen and oxygen atoms in total. The molecule has 0 unspecified atom stereocenters. The van der Waals surface area contributed by atoms with Crippen LogP contribution in [0.25, 0.3) is 10.8 Å². The van der Waals surface area contributed by atoms with Crippen molar-refractivity contribution in [3.8, 4) is 0 Å². The zero-order valence-corrected chi connectivity index (χ0v) is 8.54. The van der Waals surface area contributed by atoms with Crippen molar-refractivity contribution in [3.63, 3.8) is 0 Å². The van der Waals surface area contributed by atoms with E-state index >= 15 is 0 Å². The molecule has 2 N–H and O–H groups in total. The molecule has 0 aliphatic heterocycles. The van der Waals surface area contributed by atoms with Gasteiger partial charge in [0.05, 0.1) is 0 Å². The number of aryl methyl sites for hydroxylation is 2. The van der Waals surface area contributed by atoms with E-state index < -0.39 is 0 Å². The number of hydrogen-bond acceptors (Lipinski definition) is 2. The Morgan fingerprint density at radius 2 is 2.07 bits per heavy atom. The van der Waals surface area contributed by atoms with Gasteiger partial charge in [-0.25, -0.2) is 4.98 Å². The highest BCUT2D eigenvalue weighted by atomic mass is 14.8. The maximum atomic E-state index is 5.82. The number of fused-ring (bicyclic) bond motifs is 1. The van der Waals surface area contributed by atoms with E-state index in [0.717, 1.165) is 11.8 Å². The standard InChI is InChI=1S/C12H14N2/c1-3-9-7-14-12(13)10-5-4-8(2)6-11(9)10/h4-7H,3H2,1-2H3,(H2,13,14). The van der Waals surface area contributed by atoms with Gasteiger partial charge < -0.3 is 5.73 Å². The van der Waals surface area contributed by atoms with Crippen LogP contribution in [0, 0.1) is 6.92 Å². The second-order valence-electron chi connectivity index (χ2n) is 3.57. The molecule has 2 rings (SSSR count). The smallest absolute Gasteiger partial charge is 0.131 e. The van der Waals surface area contributed by atoms with Crippen LogP contribution in [0.4, 0.5) is 5.82 Å². The van der Waals surface area contributed by atoms with Crippen molar-refractivity contribution in [2.75, 3.05) is 5.73 Å². The second-order valence-corrected chi connectivity index (χ2v) is 3.57. The third-order valence-corrected chi connectivity index (χ3v) is 2.54. The van der Waals surface area contributed by atoms with E-state index in [0.29, 0.717) is 5.82 Å². The molecule has 2 aromatic rings. The van der Waals surface area contributed by atoms with Crippen molar-refractivity contribution in [1.82, 2.24) is 4.98 Å². The number of nitrogens with zero attached hydrogens (tertiary/aromatic N) is 1. The highest BCUT2D eigenvalue weighted by Crippen LogP contribution is 2.23. The summed E-state index contributed by atoms with van der Waals surface area (Å²) in [4.78, 5) is 4.19. The Balaban J connectivity index is 2.85. The molecule has 0 aliphatic rings. The maximum Gasteiger partial charge on any atom is 0.131 e. The SMILES string of the molecule is CCc1cnc(N)c2ccc(C)cc12. The quantitative estimate of drug-likeness (QED) is 0.743. The highest BCUT2D eigenvalue weighted by molar-refractivity contribution is 5.93. The average Bonchev–Trinajstić information content (AvgIpc) is 2.18. The predicted octanol–water partition coefficient (Wildman–Crippen LogP) is 2.69. The molecule has 0 atom stereocenters. The molecule has 0 radical (unpaired) electrons. The van der Waals surface area contributed by atoms with Gasteiger partial charge in [0.15, 0.2) is 0 Å². The minimum atomic E-state index is 0.622. The fraction of sp³-hybridized carbons (Fsp3) is 0.250. The molecule has 1 heterocycles. The first-order valence-corrected chi connectivity index (χ1v) is 4.86. The van der Waals surface area contributed by atoms with Crippen molar-refractivity contribution in [1.29, 1.82) is 0 Å². The molecule has 0 fully saturated rings. The monoisotopic (exact) mass is 186 g/mol. The van der Waals surface area contributed by atoms with Crippen LogP contribution in [-0.4, -0.2) is 4.98 Å². The van der Waals surface area contributed by atoms with Crippen LogP contribution in [0.3, 0.4) is 0 Å². The lowest BCUT2D eigenvalue weighted by atomic mass is 10.0. The molecule has 72 valence electrons. The molecule has 0 saturated carbocycles. The van der Waals surface area contributed by atoms with Crippen molar-refractivity contribution < 1.29 is 0 Å². The van der Waals surface area contributed by atoms with Gasteiger partial charge >= 0.3 is 0 Å². The lowest BCUT2D eigenvalue weighted by Crippen LogP contribution is -1.95. The first kappa shape index (κ1) is 9.00. The summed E-state index contributed by atoms with van der Waals surface area (Å²) in [5, 5.41) is 2.30. The van der Waals surface area contributed by atoms with E-state index in [2.05, 4.69) is 31.0 Å². The number of hydrogen-bond donors (Lipinski definition) is 1. The van der Waals surface area contributed by atoms with Crippen molar-refractivity contribution >= 4 is 16.6 Å². The summed E-state index contributed by atoms with van der Waals surface area (Å²) < 4.78 is 0. The molecule has 1 aromatic heterocycles. The minimum Gasteiger partial charge on any atom is -0.383 e. The predicted molar refractivity (Wildman–Crippen MR) is 60.3 cm³/mol. The summed E-state index contributed by atoms with van der Waals surface area (Å²) in [6, 6.07) is 6.29. The van der Waals surface area contributed by atoms with Gasteiger partial charge in [-0.15, -0.1) is 0 Å². The van der Waals surface area contributed by atoms with Gasteiger partial charge in [-0.05, 0) is 24.3 Å². The number of anilines is 1. The van der Waals surface area contributed by atoms with Gasteiger partial charge in [0.1, 0.15) is 5.82 Å². The van der Waals surface area contributed by atoms with Crippen molar-refractivity contribution in [2.45, 2.75) is 20.3 Å². The second kappa shape index (κ2) is 3.29. The topological polar surface area (TPSA) is 38.9 Å². The van der Waals surface area contributed by atoms with E-state index in [1.165, 1.54) is 16.5 Å². The number of pyridine rings is 1. The third kappa shape index (κ3) is 1.33. The summed E-state index contributed by atoms with van der Waals surface area (Å²) in [6.45, 7) is 4.23. The molecule has 0 amide bonds. The van der Waals surface area contributed by atoms with E-state index in [4.69, 9.17) is 5.73 Å². The first-order valence-electron chi connectivity index (χ1n) is 4.86. The molecular formula is C12H14N2. The zero-order valence-electron chi connectivity index (χ0n) is 8.54. The average molecular weight is 186 g/mol. The lowest BCUT2D eigenvalue weighted by Gasteiger charge is -2.06. The van der Waals surface area contributed by atoms with Crippen LogP contribution in [0.15, 0.2) is 24.4 Å². The number of aromatic nitrogens is 1. The summed E-state index contributed by atoms with van der Waals surface area (Å²) >= 11 is 0.